The number of fused-ring (bicyclic) bond motifs is 2. The normalized spacial score (nSPS) is 11.7. The molecule has 0 spiro atoms. The molecule has 0 bridgehead atoms. The van der Waals surface area contributed by atoms with E-state index in [0.29, 0.717) is 10.8 Å². The van der Waals surface area contributed by atoms with Crippen molar-refractivity contribution in [3.63, 3.8) is 0 Å². The molecule has 0 aliphatic rings. The maximum atomic E-state index is 13.3. The molecule has 0 radical (unpaired) electrons. The van der Waals surface area contributed by atoms with Crippen molar-refractivity contribution in [1.82, 2.24) is 0 Å². The van der Waals surface area contributed by atoms with E-state index in [9.17, 15) is 46.1 Å². The van der Waals surface area contributed by atoms with Crippen LogP contribution in [-0.4, -0.2) is 53.8 Å². The van der Waals surface area contributed by atoms with E-state index in [1.54, 1.807) is 43.3 Å². The molecule has 65 heavy (non-hydrogen) atoms. The zero-order valence-corrected chi connectivity index (χ0v) is 42.4. The Labute approximate surface area is 437 Å². The number of azo groups is 3. The Morgan fingerprint density at radius 2 is 1.37 bits per heavy atom. The molecule has 0 unspecified atom stereocenters. The molecule has 1 amide bonds. The fourth-order valence-corrected chi connectivity index (χ4v) is 7.32. The molecular formula is C41H29N8Na3O11S2. The van der Waals surface area contributed by atoms with Crippen LogP contribution < -0.4 is 104 Å². The Bertz CT molecular complexity index is 3290. The fourth-order valence-electron chi connectivity index (χ4n) is 6.06. The number of nitrogens with zero attached hydrogens (tertiary/aromatic N) is 6. The average Bonchev–Trinajstić information content (AvgIpc) is 3.22. The number of benzene rings is 7. The molecule has 0 saturated heterocycles. The summed E-state index contributed by atoms with van der Waals surface area (Å²) < 4.78 is 79.3. The predicted octanol–water partition coefficient (Wildman–Crippen LogP) is 0.210. The third-order valence-electron chi connectivity index (χ3n) is 8.85. The number of carbonyl (C=O) groups is 1. The minimum Gasteiger partial charge on any atom is -0.746 e. The van der Waals surface area contributed by atoms with Gasteiger partial charge in [0.1, 0.15) is 54.5 Å². The number of phenolic OH excluding ortho intramolecular Hbond substituents is 3. The number of nitrogen functional groups attached to an aromatic ring is 1. The van der Waals surface area contributed by atoms with Crippen LogP contribution >= 0.6 is 0 Å². The Morgan fingerprint density at radius 1 is 0.692 bits per heavy atom. The minimum absolute atomic E-state index is 0. The Morgan fingerprint density at radius 3 is 2.06 bits per heavy atom. The third-order valence-corrected chi connectivity index (χ3v) is 10.5. The quantitative estimate of drug-likeness (QED) is 0.0361. The maximum absolute atomic E-state index is 13.3. The summed E-state index contributed by atoms with van der Waals surface area (Å²) in [5.74, 6) is -1.74. The number of nitrogens with one attached hydrogen (secondary N) is 1. The first-order valence-electron chi connectivity index (χ1n) is 17.9. The smallest absolute Gasteiger partial charge is 0.746 e. The van der Waals surface area contributed by atoms with Crippen LogP contribution in [0.15, 0.2) is 150 Å². The first-order chi connectivity index (χ1) is 29.5. The molecule has 7 aromatic rings. The molecule has 314 valence electrons. The summed E-state index contributed by atoms with van der Waals surface area (Å²) in [6.45, 7) is 1.75. The van der Waals surface area contributed by atoms with Gasteiger partial charge in [-0.2, -0.15) is 10.2 Å². The number of aromatic hydroxyl groups is 3. The van der Waals surface area contributed by atoms with Crippen LogP contribution in [0.3, 0.4) is 0 Å². The van der Waals surface area contributed by atoms with E-state index in [1.165, 1.54) is 60.7 Å². The van der Waals surface area contributed by atoms with E-state index in [1.807, 2.05) is 0 Å². The summed E-state index contributed by atoms with van der Waals surface area (Å²) in [7, 11) is -10.3. The first kappa shape index (κ1) is 52.8. The van der Waals surface area contributed by atoms with E-state index in [2.05, 4.69) is 42.1 Å². The number of phenols is 3. The van der Waals surface area contributed by atoms with Gasteiger partial charge in [0.15, 0.2) is 5.75 Å². The van der Waals surface area contributed by atoms with Crippen molar-refractivity contribution in [2.75, 3.05) is 17.7 Å². The van der Waals surface area contributed by atoms with Gasteiger partial charge < -0.3 is 40.2 Å². The van der Waals surface area contributed by atoms with E-state index >= 15 is 0 Å². The van der Waals surface area contributed by atoms with E-state index in [0.717, 1.165) is 12.1 Å². The minimum atomic E-state index is -5.32. The second-order valence-corrected chi connectivity index (χ2v) is 15.7. The van der Waals surface area contributed by atoms with Gasteiger partial charge >= 0.3 is 88.7 Å². The van der Waals surface area contributed by atoms with Gasteiger partial charge in [0.2, 0.25) is 0 Å². The second-order valence-electron chi connectivity index (χ2n) is 13.0. The van der Waals surface area contributed by atoms with Crippen molar-refractivity contribution in [2.24, 2.45) is 30.7 Å². The van der Waals surface area contributed by atoms with Gasteiger partial charge in [0, 0.05) is 39.5 Å². The van der Waals surface area contributed by atoms with Crippen LogP contribution in [0, 0.1) is 6.07 Å². The summed E-state index contributed by atoms with van der Waals surface area (Å²) in [6, 6.07) is 27.6. The number of hydrogen-bond donors (Lipinski definition) is 5. The number of nitrogens with two attached hydrogens (primary N) is 1. The Kier molecular flexibility index (Phi) is 17.9. The first-order valence-corrected chi connectivity index (χ1v) is 20.7. The monoisotopic (exact) mass is 942 g/mol. The van der Waals surface area contributed by atoms with Gasteiger partial charge in [-0.1, -0.05) is 36.0 Å². The molecule has 0 aromatic heterocycles. The zero-order valence-electron chi connectivity index (χ0n) is 34.8. The number of carbonyl (C=O) groups excluding carboxylic acids is 1. The van der Waals surface area contributed by atoms with Gasteiger partial charge in [0.05, 0.1) is 22.9 Å². The van der Waals surface area contributed by atoms with Gasteiger partial charge in [-0.15, -0.1) is 33.5 Å². The van der Waals surface area contributed by atoms with Crippen molar-refractivity contribution in [3.05, 3.63) is 121 Å². The van der Waals surface area contributed by atoms with E-state index < -0.39 is 47.4 Å². The standard InChI is InChI=1S/C41H31N8O11S2.3Na/c1-2-60-35-21-33(47-46-32-14-10-24(42)19-36(32)61(54,55)56)29-8-3-4-9-30(29)38(35)48-49-39-37(62(57,58)59)18-23-17-25(11-13-28(23)40(39)52)43-41(53)22-6-5-7-26(16-22)44-45-31-15-12-27(50)20-34(31)51;;;/h3-18,20-21,50-52H,2,42H2,1H3,(H,43,53)(H,54,55,56)(H,57,58,59);;;/q-1;3*+1/p-2. The van der Waals surface area contributed by atoms with Crippen molar-refractivity contribution in [3.8, 4) is 23.0 Å². The molecule has 0 saturated carbocycles. The van der Waals surface area contributed by atoms with Crippen molar-refractivity contribution in [2.45, 2.75) is 16.7 Å². The van der Waals surface area contributed by atoms with Crippen LogP contribution in [0.1, 0.15) is 17.3 Å². The molecule has 0 fully saturated rings. The van der Waals surface area contributed by atoms with Gasteiger partial charge in [-0.25, -0.2) is 21.9 Å². The molecule has 7 aromatic carbocycles. The summed E-state index contributed by atoms with van der Waals surface area (Å²) in [5.41, 5.74) is 5.33. The van der Waals surface area contributed by atoms with E-state index in [4.69, 9.17) is 10.5 Å². The van der Waals surface area contributed by atoms with Crippen LogP contribution in [0.25, 0.3) is 21.5 Å². The summed E-state index contributed by atoms with van der Waals surface area (Å²) >= 11 is 0. The van der Waals surface area contributed by atoms with Gasteiger partial charge in [-0.05, 0) is 77.5 Å². The molecule has 0 heterocycles. The zero-order chi connectivity index (χ0) is 44.3. The molecule has 0 atom stereocenters. The van der Waals surface area contributed by atoms with Crippen LogP contribution in [0.4, 0.5) is 45.5 Å². The van der Waals surface area contributed by atoms with Crippen LogP contribution in [-0.2, 0) is 20.2 Å². The molecule has 6 N–H and O–H groups in total. The molecule has 24 heteroatoms. The van der Waals surface area contributed by atoms with Crippen molar-refractivity contribution < 1.29 is 139 Å². The largest absolute Gasteiger partial charge is 1.00 e. The summed E-state index contributed by atoms with van der Waals surface area (Å²) in [6.07, 6.45) is 0. The van der Waals surface area contributed by atoms with Crippen LogP contribution in [0.2, 0.25) is 0 Å². The van der Waals surface area contributed by atoms with Crippen molar-refractivity contribution >= 4 is 93.2 Å². The Hall–Kier alpha value is -4.85. The number of amides is 1. The SMILES string of the molecule is CCOc1cc(N=Nc2ccc(N)[c-]c2S(=O)(=O)[O-])c2ccccc2c1N=Nc1c(S(=O)(=O)[O-])cc2cc(NC(=O)c3cccc(N=Nc4ccc(O)cc4O)c3)ccc2c1O.[Na+].[Na+].[Na+]. The third kappa shape index (κ3) is 12.3. The summed E-state index contributed by atoms with van der Waals surface area (Å²) in [4.78, 5) is 11.5. The van der Waals surface area contributed by atoms with Crippen LogP contribution in [0.5, 0.6) is 23.0 Å². The van der Waals surface area contributed by atoms with Gasteiger partial charge in [0.25, 0.3) is 5.91 Å². The Balaban J connectivity index is 0.00000308. The molecule has 7 rings (SSSR count). The van der Waals surface area contributed by atoms with Gasteiger partial charge in [-0.3, -0.25) is 4.79 Å². The van der Waals surface area contributed by atoms with Crippen molar-refractivity contribution in [1.29, 1.82) is 0 Å². The summed E-state index contributed by atoms with van der Waals surface area (Å²) in [5, 5.41) is 58.8. The number of rotatable bonds is 12. The molecule has 19 nitrogen and oxygen atoms in total. The fraction of sp³-hybridized carbons (Fsp3) is 0.0488. The molecule has 0 aliphatic carbocycles. The van der Waals surface area contributed by atoms with E-state index in [-0.39, 0.29) is 169 Å². The number of ether oxygens (including phenoxy) is 1. The molecule has 0 aliphatic heterocycles. The number of anilines is 2. The maximum Gasteiger partial charge on any atom is 1.00 e. The average molecular weight is 943 g/mol. The topological polar surface area (TPSA) is 314 Å². The molecular weight excluding hydrogens is 914 g/mol. The second kappa shape index (κ2) is 22.1. The number of hydrogen-bond acceptors (Lipinski definition) is 18. The predicted molar refractivity (Wildman–Crippen MR) is 223 cm³/mol.